The van der Waals surface area contributed by atoms with Crippen molar-refractivity contribution in [2.24, 2.45) is 22.7 Å². The van der Waals surface area contributed by atoms with Gasteiger partial charge in [-0.15, -0.1) is 0 Å². The van der Waals surface area contributed by atoms with Gasteiger partial charge in [-0.3, -0.25) is 4.79 Å². The predicted octanol–water partition coefficient (Wildman–Crippen LogP) is 3.54. The molecule has 5 atom stereocenters. The normalized spacial score (nSPS) is 40.5. The maximum atomic E-state index is 12.2. The zero-order valence-corrected chi connectivity index (χ0v) is 17.3. The van der Waals surface area contributed by atoms with E-state index in [0.29, 0.717) is 30.4 Å². The molecule has 1 amide bonds. The number of rotatable bonds is 0. The van der Waals surface area contributed by atoms with Crippen molar-refractivity contribution < 1.29 is 19.7 Å². The van der Waals surface area contributed by atoms with Gasteiger partial charge in [-0.2, -0.15) is 0 Å². The van der Waals surface area contributed by atoms with Crippen LogP contribution in [0.5, 0.6) is 11.5 Å². The summed E-state index contributed by atoms with van der Waals surface area (Å²) in [6, 6.07) is 1.61. The summed E-state index contributed by atoms with van der Waals surface area (Å²) in [5.41, 5.74) is 1.61. The lowest BCUT2D eigenvalue weighted by molar-refractivity contribution is -0.210. The van der Waals surface area contributed by atoms with Crippen molar-refractivity contribution in [3.05, 3.63) is 22.8 Å². The number of aromatic hydroxyl groups is 1. The van der Waals surface area contributed by atoms with E-state index in [1.165, 1.54) is 0 Å². The van der Waals surface area contributed by atoms with Crippen LogP contribution in [-0.2, 0) is 13.0 Å². The third-order valence-corrected chi connectivity index (χ3v) is 8.97. The summed E-state index contributed by atoms with van der Waals surface area (Å²) < 4.78 is 6.89. The molecule has 1 aromatic carbocycles. The second-order valence-electron chi connectivity index (χ2n) is 10.4. The fraction of sp³-hybridized carbons (Fsp3) is 0.696. The number of benzene rings is 1. The van der Waals surface area contributed by atoms with Crippen molar-refractivity contribution in [1.82, 2.24) is 5.32 Å². The molecule has 2 aliphatic heterocycles. The number of ether oxygens (including phenoxy) is 1. The quantitative estimate of drug-likeness (QED) is 0.638. The van der Waals surface area contributed by atoms with Gasteiger partial charge < -0.3 is 20.3 Å². The fourth-order valence-corrected chi connectivity index (χ4v) is 7.19. The van der Waals surface area contributed by atoms with Crippen LogP contribution >= 0.6 is 0 Å². The zero-order valence-electron chi connectivity index (χ0n) is 17.3. The Balaban J connectivity index is 1.65. The maximum Gasteiger partial charge on any atom is 0.252 e. The summed E-state index contributed by atoms with van der Waals surface area (Å²) in [6.45, 7) is 9.47. The van der Waals surface area contributed by atoms with E-state index >= 15 is 0 Å². The van der Waals surface area contributed by atoms with Crippen LogP contribution in [0.3, 0.4) is 0 Å². The highest BCUT2D eigenvalue weighted by molar-refractivity contribution is 6.00. The molecule has 0 saturated heterocycles. The molecule has 5 heteroatoms. The summed E-state index contributed by atoms with van der Waals surface area (Å²) >= 11 is 0. The molecule has 5 nitrogen and oxygen atoms in total. The van der Waals surface area contributed by atoms with Crippen molar-refractivity contribution in [3.8, 4) is 11.5 Å². The van der Waals surface area contributed by atoms with E-state index in [0.717, 1.165) is 42.6 Å². The Morgan fingerprint density at radius 1 is 1.18 bits per heavy atom. The molecule has 2 aliphatic carbocycles. The Hall–Kier alpha value is -1.75. The Kier molecular flexibility index (Phi) is 3.55. The second kappa shape index (κ2) is 5.44. The molecular formula is C23H31NO4. The number of carbonyl (C=O) groups excluding carboxylic acids is 1. The molecule has 0 unspecified atom stereocenters. The van der Waals surface area contributed by atoms with E-state index in [-0.39, 0.29) is 28.6 Å². The van der Waals surface area contributed by atoms with Crippen molar-refractivity contribution in [2.75, 3.05) is 0 Å². The van der Waals surface area contributed by atoms with Gasteiger partial charge in [0.15, 0.2) is 0 Å². The van der Waals surface area contributed by atoms with Crippen LogP contribution in [0.2, 0.25) is 0 Å². The number of amides is 1. The van der Waals surface area contributed by atoms with Crippen LogP contribution in [0.15, 0.2) is 6.07 Å². The Labute approximate surface area is 166 Å². The molecule has 0 bridgehead atoms. The molecule has 3 N–H and O–H groups in total. The molecule has 2 fully saturated rings. The molecule has 28 heavy (non-hydrogen) atoms. The van der Waals surface area contributed by atoms with Gasteiger partial charge in [0.1, 0.15) is 17.1 Å². The van der Waals surface area contributed by atoms with E-state index in [2.05, 4.69) is 33.0 Å². The van der Waals surface area contributed by atoms with Crippen LogP contribution < -0.4 is 10.1 Å². The van der Waals surface area contributed by atoms with Crippen molar-refractivity contribution in [1.29, 1.82) is 0 Å². The first-order valence-electron chi connectivity index (χ1n) is 10.6. The molecule has 2 heterocycles. The van der Waals surface area contributed by atoms with E-state index in [1.807, 2.05) is 0 Å². The van der Waals surface area contributed by atoms with Crippen molar-refractivity contribution >= 4 is 5.91 Å². The number of fused-ring (bicyclic) bond motifs is 5. The lowest BCUT2D eigenvalue weighted by Gasteiger charge is -2.64. The molecule has 0 aromatic heterocycles. The summed E-state index contributed by atoms with van der Waals surface area (Å²) in [6.07, 6.45) is 4.21. The molecular weight excluding hydrogens is 354 g/mol. The van der Waals surface area contributed by atoms with Gasteiger partial charge >= 0.3 is 0 Å². The summed E-state index contributed by atoms with van der Waals surface area (Å²) in [5, 5.41) is 24.3. The molecule has 1 spiro atoms. The molecule has 0 radical (unpaired) electrons. The van der Waals surface area contributed by atoms with Crippen LogP contribution in [0.1, 0.15) is 74.9 Å². The van der Waals surface area contributed by atoms with Crippen molar-refractivity contribution in [2.45, 2.75) is 78.0 Å². The van der Waals surface area contributed by atoms with Crippen LogP contribution in [0.4, 0.5) is 0 Å². The topological polar surface area (TPSA) is 78.8 Å². The van der Waals surface area contributed by atoms with E-state index in [9.17, 15) is 15.0 Å². The number of hydrogen-bond acceptors (Lipinski definition) is 4. The lowest BCUT2D eigenvalue weighted by Crippen LogP contribution is -2.66. The predicted molar refractivity (Wildman–Crippen MR) is 105 cm³/mol. The zero-order chi connectivity index (χ0) is 20.1. The monoisotopic (exact) mass is 385 g/mol. The van der Waals surface area contributed by atoms with Crippen LogP contribution in [-0.4, -0.2) is 27.8 Å². The lowest BCUT2D eigenvalue weighted by atomic mass is 9.43. The highest BCUT2D eigenvalue weighted by Gasteiger charge is 2.67. The van der Waals surface area contributed by atoms with Gasteiger partial charge in [0.05, 0.1) is 11.7 Å². The van der Waals surface area contributed by atoms with Gasteiger partial charge in [0, 0.05) is 29.5 Å². The number of nitrogens with one attached hydrogen (secondary N) is 1. The maximum absolute atomic E-state index is 12.2. The molecule has 4 aliphatic rings. The molecule has 152 valence electrons. The number of phenols is 1. The first-order valence-corrected chi connectivity index (χ1v) is 10.6. The minimum absolute atomic E-state index is 0.0955. The molecule has 2 saturated carbocycles. The number of aliphatic hydroxyl groups is 1. The Morgan fingerprint density at radius 3 is 2.68 bits per heavy atom. The first kappa shape index (κ1) is 18.3. The van der Waals surface area contributed by atoms with E-state index in [1.54, 1.807) is 6.07 Å². The number of hydrogen-bond donors (Lipinski definition) is 3. The fourth-order valence-electron chi connectivity index (χ4n) is 7.19. The third kappa shape index (κ3) is 1.99. The largest absolute Gasteiger partial charge is 0.508 e. The average molecular weight is 386 g/mol. The molecule has 5 rings (SSSR count). The summed E-state index contributed by atoms with van der Waals surface area (Å²) in [7, 11) is 0. The first-order chi connectivity index (χ1) is 13.1. The second-order valence-corrected chi connectivity index (χ2v) is 10.4. The highest BCUT2D eigenvalue weighted by Crippen LogP contribution is 2.67. The van der Waals surface area contributed by atoms with Gasteiger partial charge in [-0.1, -0.05) is 27.7 Å². The van der Waals surface area contributed by atoms with Gasteiger partial charge in [-0.25, -0.2) is 0 Å². The van der Waals surface area contributed by atoms with Gasteiger partial charge in [-0.05, 0) is 49.0 Å². The standard InChI is InChI=1S/C23H31NO4/c1-12-5-6-17-21(2,3)18(26)7-8-22(17,4)23(12)10-14-16(25)9-13-15(19(14)28-23)11-24-20(13)27/h9,12,17-18,25-26H,5-8,10-11H2,1-4H3,(H,24,27)/t12-,17-,18-,22-,23-/m1/s1. The average Bonchev–Trinajstić information content (AvgIpc) is 3.20. The molecule has 1 aromatic rings. The van der Waals surface area contributed by atoms with Crippen LogP contribution in [0, 0.1) is 22.7 Å². The minimum atomic E-state index is -0.409. The SMILES string of the molecule is C[C@@H]1CC[C@@H]2C(C)(C)[C@H](O)CC[C@@]2(C)[C@@]12Cc1c(O)cc3c(c1O2)CNC3=O. The minimum Gasteiger partial charge on any atom is -0.508 e. The number of phenolic OH excluding ortho intramolecular Hbond substituents is 1. The highest BCUT2D eigenvalue weighted by atomic mass is 16.5. The van der Waals surface area contributed by atoms with Crippen molar-refractivity contribution in [3.63, 3.8) is 0 Å². The van der Waals surface area contributed by atoms with E-state index in [4.69, 9.17) is 4.74 Å². The Morgan fingerprint density at radius 2 is 1.93 bits per heavy atom. The smallest absolute Gasteiger partial charge is 0.252 e. The van der Waals surface area contributed by atoms with E-state index < -0.39 is 5.60 Å². The van der Waals surface area contributed by atoms with Gasteiger partial charge in [0.2, 0.25) is 0 Å². The number of carbonyl (C=O) groups is 1. The van der Waals surface area contributed by atoms with Crippen LogP contribution in [0.25, 0.3) is 0 Å². The Bertz CT molecular complexity index is 878. The summed E-state index contributed by atoms with van der Waals surface area (Å²) in [4.78, 5) is 12.2. The summed E-state index contributed by atoms with van der Waals surface area (Å²) in [5.74, 6) is 1.46. The number of aliphatic hydroxyl groups excluding tert-OH is 1. The van der Waals surface area contributed by atoms with Gasteiger partial charge in [0.25, 0.3) is 5.91 Å². The third-order valence-electron chi connectivity index (χ3n) is 8.97.